The number of para-hydroxylation sites is 1. The van der Waals surface area contributed by atoms with Crippen molar-refractivity contribution in [2.24, 2.45) is 0 Å². The minimum Gasteiger partial charge on any atom is -0.455 e. The molecule has 11 aromatic rings. The van der Waals surface area contributed by atoms with Crippen molar-refractivity contribution in [2.45, 2.75) is 0 Å². The molecule has 1 aromatic heterocycles. The molecule has 2 heteroatoms. The number of benzene rings is 10. The van der Waals surface area contributed by atoms with Crippen LogP contribution in [-0.2, 0) is 0 Å². The van der Waals surface area contributed by atoms with Gasteiger partial charge in [0.1, 0.15) is 11.2 Å². The lowest BCUT2D eigenvalue weighted by molar-refractivity contribution is 0.670. The first-order valence-electron chi connectivity index (χ1n) is 19.8. The Bertz CT molecular complexity index is 3250. The Morgan fingerprint density at radius 3 is 1.57 bits per heavy atom. The van der Waals surface area contributed by atoms with Crippen molar-refractivity contribution in [3.8, 4) is 44.5 Å². The minimum absolute atomic E-state index is 0.857. The van der Waals surface area contributed by atoms with E-state index >= 15 is 0 Å². The molecule has 0 N–H and O–H groups in total. The molecule has 0 aliphatic heterocycles. The third-order valence-electron chi connectivity index (χ3n) is 11.5. The number of furan rings is 1. The van der Waals surface area contributed by atoms with Crippen molar-refractivity contribution in [3.05, 3.63) is 224 Å². The summed E-state index contributed by atoms with van der Waals surface area (Å²) in [5.74, 6) is 0. The number of hydrogen-bond donors (Lipinski definition) is 0. The summed E-state index contributed by atoms with van der Waals surface area (Å²) >= 11 is 0. The molecule has 0 fully saturated rings. The first kappa shape index (κ1) is 33.6. The second kappa shape index (κ2) is 14.1. The smallest absolute Gasteiger partial charge is 0.143 e. The molecule has 272 valence electrons. The Labute approximate surface area is 337 Å². The molecule has 0 aliphatic carbocycles. The zero-order chi connectivity index (χ0) is 38.4. The van der Waals surface area contributed by atoms with Gasteiger partial charge in [0.15, 0.2) is 0 Å². The Morgan fingerprint density at radius 1 is 0.276 bits per heavy atom. The highest BCUT2D eigenvalue weighted by Crippen LogP contribution is 2.42. The average Bonchev–Trinajstić information content (AvgIpc) is 3.68. The third kappa shape index (κ3) is 6.00. The van der Waals surface area contributed by atoms with E-state index in [1.807, 2.05) is 6.07 Å². The van der Waals surface area contributed by atoms with E-state index in [0.29, 0.717) is 0 Å². The van der Waals surface area contributed by atoms with Crippen molar-refractivity contribution < 1.29 is 4.42 Å². The number of fused-ring (bicyclic) bond motifs is 5. The van der Waals surface area contributed by atoms with E-state index in [1.165, 1.54) is 54.9 Å². The van der Waals surface area contributed by atoms with Gasteiger partial charge in [0, 0.05) is 39.5 Å². The third-order valence-corrected chi connectivity index (χ3v) is 11.5. The topological polar surface area (TPSA) is 16.4 Å². The summed E-state index contributed by atoms with van der Waals surface area (Å²) in [5, 5.41) is 7.16. The highest BCUT2D eigenvalue weighted by molar-refractivity contribution is 6.10. The molecule has 10 aromatic carbocycles. The Balaban J connectivity index is 1.02. The molecular weight excluding hydrogens is 703 g/mol. The van der Waals surface area contributed by atoms with Crippen molar-refractivity contribution in [1.82, 2.24) is 0 Å². The van der Waals surface area contributed by atoms with Crippen LogP contribution in [0.5, 0.6) is 0 Å². The van der Waals surface area contributed by atoms with E-state index in [0.717, 1.165) is 50.1 Å². The molecule has 0 atom stereocenters. The SMILES string of the molecule is c1ccc(-c2ccc3cccc(-c4ccc(N(c5ccc(-c6ccc7ccccc7c6)cc5)c5ccc6c(c5)oc5c(-c7ccccc7)cccc56)cc4)c3c2)cc1. The predicted molar refractivity (Wildman–Crippen MR) is 245 cm³/mol. The molecular formula is C56H37NO. The second-order valence-corrected chi connectivity index (χ2v) is 14.9. The van der Waals surface area contributed by atoms with Gasteiger partial charge >= 0.3 is 0 Å². The van der Waals surface area contributed by atoms with Crippen LogP contribution in [0.1, 0.15) is 0 Å². The minimum atomic E-state index is 0.857. The maximum Gasteiger partial charge on any atom is 0.143 e. The van der Waals surface area contributed by atoms with E-state index in [9.17, 15) is 0 Å². The quantitative estimate of drug-likeness (QED) is 0.162. The standard InChI is InChI=1S/C56H37NO/c1-3-11-38(12-4-1)46-24-22-42-17-9-18-50(54(42)36-46)43-27-31-48(32-28-43)57(47-29-25-40(26-30-47)45-23-21-39-13-7-8-16-44(39)35-45)49-33-34-52-53-20-10-19-51(41-14-5-2-6-15-41)56(53)58-55(52)37-49/h1-37H. The molecule has 0 bridgehead atoms. The van der Waals surface area contributed by atoms with Crippen LogP contribution in [0.3, 0.4) is 0 Å². The van der Waals surface area contributed by atoms with Crippen molar-refractivity contribution in [1.29, 1.82) is 0 Å². The fraction of sp³-hybridized carbons (Fsp3) is 0. The first-order chi connectivity index (χ1) is 28.7. The van der Waals surface area contributed by atoms with Gasteiger partial charge in [-0.15, -0.1) is 0 Å². The number of anilines is 3. The summed E-state index contributed by atoms with van der Waals surface area (Å²) in [4.78, 5) is 2.33. The summed E-state index contributed by atoms with van der Waals surface area (Å²) in [6.45, 7) is 0. The Morgan fingerprint density at radius 2 is 0.810 bits per heavy atom. The summed E-state index contributed by atoms with van der Waals surface area (Å²) in [5.41, 5.74) is 14.3. The normalized spacial score (nSPS) is 11.4. The molecule has 58 heavy (non-hydrogen) atoms. The van der Waals surface area contributed by atoms with Gasteiger partial charge in [-0.2, -0.15) is 0 Å². The van der Waals surface area contributed by atoms with Gasteiger partial charge in [0.2, 0.25) is 0 Å². The van der Waals surface area contributed by atoms with Gasteiger partial charge in [-0.3, -0.25) is 0 Å². The van der Waals surface area contributed by atoms with E-state index in [2.05, 4.69) is 223 Å². The molecule has 0 saturated heterocycles. The Kier molecular flexibility index (Phi) is 8.19. The molecule has 0 unspecified atom stereocenters. The lowest BCUT2D eigenvalue weighted by Gasteiger charge is -2.26. The molecule has 1 heterocycles. The lowest BCUT2D eigenvalue weighted by atomic mass is 9.94. The van der Waals surface area contributed by atoms with Gasteiger partial charge in [-0.1, -0.05) is 170 Å². The van der Waals surface area contributed by atoms with Crippen LogP contribution >= 0.6 is 0 Å². The average molecular weight is 740 g/mol. The molecule has 0 aliphatic rings. The van der Waals surface area contributed by atoms with E-state index < -0.39 is 0 Å². The van der Waals surface area contributed by atoms with Crippen molar-refractivity contribution in [3.63, 3.8) is 0 Å². The Hall–Kier alpha value is -7.68. The number of rotatable bonds is 7. The van der Waals surface area contributed by atoms with Crippen LogP contribution in [0, 0.1) is 0 Å². The molecule has 0 spiro atoms. The maximum absolute atomic E-state index is 6.75. The highest BCUT2D eigenvalue weighted by atomic mass is 16.3. The predicted octanol–water partition coefficient (Wildman–Crippen LogP) is 16.0. The maximum atomic E-state index is 6.75. The van der Waals surface area contributed by atoms with Crippen LogP contribution in [0.25, 0.3) is 88.0 Å². The fourth-order valence-electron chi connectivity index (χ4n) is 8.51. The summed E-state index contributed by atoms with van der Waals surface area (Å²) in [6.07, 6.45) is 0. The summed E-state index contributed by atoms with van der Waals surface area (Å²) < 4.78 is 6.75. The van der Waals surface area contributed by atoms with Crippen LogP contribution in [0.15, 0.2) is 229 Å². The van der Waals surface area contributed by atoms with E-state index in [-0.39, 0.29) is 0 Å². The van der Waals surface area contributed by atoms with Crippen molar-refractivity contribution in [2.75, 3.05) is 4.90 Å². The largest absolute Gasteiger partial charge is 0.455 e. The molecule has 0 radical (unpaired) electrons. The van der Waals surface area contributed by atoms with Gasteiger partial charge in [0.25, 0.3) is 0 Å². The molecule has 0 saturated carbocycles. The van der Waals surface area contributed by atoms with E-state index in [1.54, 1.807) is 0 Å². The zero-order valence-corrected chi connectivity index (χ0v) is 31.7. The highest BCUT2D eigenvalue weighted by Gasteiger charge is 2.18. The second-order valence-electron chi connectivity index (χ2n) is 14.9. The number of nitrogens with zero attached hydrogens (tertiary/aromatic N) is 1. The molecule has 11 rings (SSSR count). The lowest BCUT2D eigenvalue weighted by Crippen LogP contribution is -2.09. The monoisotopic (exact) mass is 739 g/mol. The van der Waals surface area contributed by atoms with Crippen LogP contribution in [-0.4, -0.2) is 0 Å². The van der Waals surface area contributed by atoms with Gasteiger partial charge in [-0.25, -0.2) is 0 Å². The zero-order valence-electron chi connectivity index (χ0n) is 31.7. The fourth-order valence-corrected chi connectivity index (χ4v) is 8.51. The van der Waals surface area contributed by atoms with Gasteiger partial charge in [-0.05, 0) is 109 Å². The van der Waals surface area contributed by atoms with Gasteiger partial charge in [0.05, 0.1) is 0 Å². The molecule has 0 amide bonds. The van der Waals surface area contributed by atoms with Gasteiger partial charge < -0.3 is 9.32 Å². The summed E-state index contributed by atoms with van der Waals surface area (Å²) in [7, 11) is 0. The summed E-state index contributed by atoms with van der Waals surface area (Å²) in [6, 6.07) is 80.6. The first-order valence-corrected chi connectivity index (χ1v) is 19.8. The van der Waals surface area contributed by atoms with Crippen LogP contribution in [0.4, 0.5) is 17.1 Å². The number of hydrogen-bond acceptors (Lipinski definition) is 2. The van der Waals surface area contributed by atoms with Crippen LogP contribution < -0.4 is 4.90 Å². The van der Waals surface area contributed by atoms with Crippen LogP contribution in [0.2, 0.25) is 0 Å². The van der Waals surface area contributed by atoms with Crippen molar-refractivity contribution >= 4 is 60.5 Å². The van der Waals surface area contributed by atoms with E-state index in [4.69, 9.17) is 4.42 Å². The molecule has 2 nitrogen and oxygen atoms in total.